The van der Waals surface area contributed by atoms with Gasteiger partial charge in [0.15, 0.2) is 0 Å². The first-order valence-electron chi connectivity index (χ1n) is 5.50. The van der Waals surface area contributed by atoms with Crippen LogP contribution in [0.5, 0.6) is 0 Å². The van der Waals surface area contributed by atoms with Gasteiger partial charge in [-0.2, -0.15) is 13.2 Å². The summed E-state index contributed by atoms with van der Waals surface area (Å²) in [6.45, 7) is 1.35. The smallest absolute Gasteiger partial charge is 0.335 e. The number of nitrogens with one attached hydrogen (secondary N) is 2. The predicted molar refractivity (Wildman–Crippen MR) is 54.1 cm³/mol. The molecule has 0 aromatic heterocycles. The molecule has 0 heterocycles. The fraction of sp³-hybridized carbons (Fsp3) is 0.900. The van der Waals surface area contributed by atoms with Gasteiger partial charge in [-0.25, -0.2) is 4.79 Å². The first kappa shape index (κ1) is 13.1. The van der Waals surface area contributed by atoms with Crippen LogP contribution in [0.2, 0.25) is 0 Å². The number of hydrogen-bond acceptors (Lipinski definition) is 1. The molecule has 0 aromatic carbocycles. The SMILES string of the molecule is CC(CC(F)(F)F)NC(=O)NC1CCCC1. The van der Waals surface area contributed by atoms with E-state index in [1.807, 2.05) is 0 Å². The molecular formula is C10H17F3N2O. The first-order chi connectivity index (χ1) is 7.37. The van der Waals surface area contributed by atoms with Crippen molar-refractivity contribution in [2.75, 3.05) is 0 Å². The van der Waals surface area contributed by atoms with Crippen LogP contribution in [0.4, 0.5) is 18.0 Å². The van der Waals surface area contributed by atoms with E-state index in [1.165, 1.54) is 6.92 Å². The summed E-state index contributed by atoms with van der Waals surface area (Å²) >= 11 is 0. The van der Waals surface area contributed by atoms with Crippen LogP contribution in [0.3, 0.4) is 0 Å². The number of carbonyl (C=O) groups is 1. The zero-order valence-corrected chi connectivity index (χ0v) is 9.23. The first-order valence-corrected chi connectivity index (χ1v) is 5.50. The Morgan fingerprint density at radius 2 is 1.94 bits per heavy atom. The van der Waals surface area contributed by atoms with Gasteiger partial charge in [0.1, 0.15) is 0 Å². The molecule has 0 spiro atoms. The van der Waals surface area contributed by atoms with E-state index in [2.05, 4.69) is 10.6 Å². The van der Waals surface area contributed by atoms with Crippen LogP contribution in [0.15, 0.2) is 0 Å². The summed E-state index contributed by atoms with van der Waals surface area (Å²) in [4.78, 5) is 11.3. The molecule has 0 bridgehead atoms. The highest BCUT2D eigenvalue weighted by Gasteiger charge is 2.30. The number of amides is 2. The summed E-state index contributed by atoms with van der Waals surface area (Å²) in [6, 6.07) is -1.26. The zero-order chi connectivity index (χ0) is 12.2. The molecule has 3 nitrogen and oxygen atoms in total. The van der Waals surface area contributed by atoms with E-state index >= 15 is 0 Å². The normalized spacial score (nSPS) is 19.5. The molecule has 1 atom stereocenters. The van der Waals surface area contributed by atoms with Gasteiger partial charge in [0.2, 0.25) is 0 Å². The Hall–Kier alpha value is -0.940. The second kappa shape index (κ2) is 5.41. The Morgan fingerprint density at radius 1 is 1.38 bits per heavy atom. The number of hydrogen-bond donors (Lipinski definition) is 2. The molecule has 1 unspecified atom stereocenters. The summed E-state index contributed by atoms with van der Waals surface area (Å²) < 4.78 is 36.0. The van der Waals surface area contributed by atoms with E-state index in [1.54, 1.807) is 0 Å². The largest absolute Gasteiger partial charge is 0.391 e. The zero-order valence-electron chi connectivity index (χ0n) is 9.23. The minimum Gasteiger partial charge on any atom is -0.335 e. The molecule has 0 saturated heterocycles. The van der Waals surface area contributed by atoms with Crippen LogP contribution in [-0.2, 0) is 0 Å². The number of halogens is 3. The lowest BCUT2D eigenvalue weighted by atomic mass is 10.2. The molecule has 0 aliphatic heterocycles. The fourth-order valence-electron chi connectivity index (χ4n) is 1.92. The van der Waals surface area contributed by atoms with E-state index in [9.17, 15) is 18.0 Å². The van der Waals surface area contributed by atoms with E-state index in [4.69, 9.17) is 0 Å². The topological polar surface area (TPSA) is 41.1 Å². The van der Waals surface area contributed by atoms with Crippen molar-refractivity contribution in [3.05, 3.63) is 0 Å². The predicted octanol–water partition coefficient (Wildman–Crippen LogP) is 2.57. The minimum atomic E-state index is -4.24. The van der Waals surface area contributed by atoms with Gasteiger partial charge >= 0.3 is 12.2 Å². The monoisotopic (exact) mass is 238 g/mol. The molecule has 1 saturated carbocycles. The highest BCUT2D eigenvalue weighted by molar-refractivity contribution is 5.74. The van der Waals surface area contributed by atoms with Crippen molar-refractivity contribution in [2.45, 2.75) is 57.3 Å². The highest BCUT2D eigenvalue weighted by atomic mass is 19.4. The van der Waals surface area contributed by atoms with Gasteiger partial charge < -0.3 is 10.6 Å². The molecule has 1 aliphatic carbocycles. The Balaban J connectivity index is 2.22. The molecule has 2 N–H and O–H groups in total. The van der Waals surface area contributed by atoms with Crippen molar-refractivity contribution in [2.24, 2.45) is 0 Å². The van der Waals surface area contributed by atoms with Gasteiger partial charge in [-0.1, -0.05) is 12.8 Å². The summed E-state index contributed by atoms with van der Waals surface area (Å²) in [5, 5.41) is 4.97. The molecule has 94 valence electrons. The highest BCUT2D eigenvalue weighted by Crippen LogP contribution is 2.21. The Kier molecular flexibility index (Phi) is 4.44. The molecule has 1 fully saturated rings. The van der Waals surface area contributed by atoms with Crippen molar-refractivity contribution in [3.63, 3.8) is 0 Å². The second-order valence-corrected chi connectivity index (χ2v) is 4.32. The lowest BCUT2D eigenvalue weighted by Gasteiger charge is -2.18. The standard InChI is InChI=1S/C10H17F3N2O/c1-7(6-10(11,12)13)14-9(16)15-8-4-2-3-5-8/h7-8H,2-6H2,1H3,(H2,14,15,16). The van der Waals surface area contributed by atoms with Crippen LogP contribution in [-0.4, -0.2) is 24.3 Å². The summed E-state index contributed by atoms with van der Waals surface area (Å²) in [7, 11) is 0. The Labute approximate surface area is 92.8 Å². The van der Waals surface area contributed by atoms with E-state index < -0.39 is 24.7 Å². The van der Waals surface area contributed by atoms with E-state index in [0.29, 0.717) is 0 Å². The van der Waals surface area contributed by atoms with Gasteiger partial charge in [-0.05, 0) is 19.8 Å². The molecule has 0 radical (unpaired) electrons. The van der Waals surface area contributed by atoms with Crippen molar-refractivity contribution in [1.29, 1.82) is 0 Å². The van der Waals surface area contributed by atoms with Gasteiger partial charge in [0.25, 0.3) is 0 Å². The lowest BCUT2D eigenvalue weighted by molar-refractivity contribution is -0.138. The molecule has 1 aliphatic rings. The fourth-order valence-corrected chi connectivity index (χ4v) is 1.92. The van der Waals surface area contributed by atoms with E-state index in [-0.39, 0.29) is 6.04 Å². The van der Waals surface area contributed by atoms with Crippen molar-refractivity contribution in [1.82, 2.24) is 10.6 Å². The molecule has 6 heteroatoms. The summed E-state index contributed by atoms with van der Waals surface area (Å²) in [5.41, 5.74) is 0. The van der Waals surface area contributed by atoms with Crippen LogP contribution in [0, 0.1) is 0 Å². The third-order valence-corrected chi connectivity index (χ3v) is 2.61. The van der Waals surface area contributed by atoms with Crippen LogP contribution in [0.1, 0.15) is 39.0 Å². The maximum absolute atomic E-state index is 12.0. The van der Waals surface area contributed by atoms with Gasteiger partial charge in [-0.15, -0.1) is 0 Å². The third kappa shape index (κ3) is 5.23. The average molecular weight is 238 g/mol. The lowest BCUT2D eigenvalue weighted by Crippen LogP contribution is -2.45. The van der Waals surface area contributed by atoms with Gasteiger partial charge in [-0.3, -0.25) is 0 Å². The number of alkyl halides is 3. The maximum atomic E-state index is 12.0. The van der Waals surface area contributed by atoms with Gasteiger partial charge in [0, 0.05) is 12.1 Å². The van der Waals surface area contributed by atoms with Crippen LogP contribution < -0.4 is 10.6 Å². The quantitative estimate of drug-likeness (QED) is 0.779. The number of rotatable bonds is 3. The molecule has 16 heavy (non-hydrogen) atoms. The van der Waals surface area contributed by atoms with Crippen LogP contribution in [0.25, 0.3) is 0 Å². The Bertz CT molecular complexity index is 237. The van der Waals surface area contributed by atoms with Crippen molar-refractivity contribution in [3.8, 4) is 0 Å². The third-order valence-electron chi connectivity index (χ3n) is 2.61. The Morgan fingerprint density at radius 3 is 2.44 bits per heavy atom. The maximum Gasteiger partial charge on any atom is 0.391 e. The average Bonchev–Trinajstić information content (AvgIpc) is 2.51. The molecule has 0 aromatic rings. The summed E-state index contributed by atoms with van der Waals surface area (Å²) in [6.07, 6.45) is -1.25. The van der Waals surface area contributed by atoms with Crippen LogP contribution >= 0.6 is 0 Å². The van der Waals surface area contributed by atoms with Gasteiger partial charge in [0.05, 0.1) is 6.42 Å². The number of urea groups is 1. The second-order valence-electron chi connectivity index (χ2n) is 4.32. The van der Waals surface area contributed by atoms with Crippen molar-refractivity contribution >= 4 is 6.03 Å². The molecule has 2 amide bonds. The summed E-state index contributed by atoms with van der Waals surface area (Å²) in [5.74, 6) is 0. The van der Waals surface area contributed by atoms with E-state index in [0.717, 1.165) is 25.7 Å². The van der Waals surface area contributed by atoms with Crippen molar-refractivity contribution < 1.29 is 18.0 Å². The molecule has 1 rings (SSSR count). The molecular weight excluding hydrogens is 221 g/mol. The minimum absolute atomic E-state index is 0.123. The number of carbonyl (C=O) groups excluding carboxylic acids is 1.